The third-order valence-corrected chi connectivity index (χ3v) is 6.49. The minimum Gasteiger partial charge on any atom is -0.368 e. The van der Waals surface area contributed by atoms with Crippen molar-refractivity contribution in [1.29, 1.82) is 0 Å². The van der Waals surface area contributed by atoms with Gasteiger partial charge in [0, 0.05) is 30.0 Å². The molecule has 1 unspecified atom stereocenters. The molecule has 3 aromatic rings. The number of hydrogen-bond acceptors (Lipinski definition) is 5. The third kappa shape index (κ3) is 3.52. The molecule has 1 saturated heterocycles. The predicted molar refractivity (Wildman–Crippen MR) is 112 cm³/mol. The van der Waals surface area contributed by atoms with Crippen LogP contribution >= 0.6 is 11.3 Å². The number of nitrogens with zero attached hydrogens (tertiary/aromatic N) is 2. The Morgan fingerprint density at radius 3 is 2.90 bits per heavy atom. The molecule has 1 atom stereocenters. The molecule has 1 fully saturated rings. The minimum absolute atomic E-state index is 0.0331. The van der Waals surface area contributed by atoms with E-state index in [1.54, 1.807) is 0 Å². The summed E-state index contributed by atoms with van der Waals surface area (Å²) in [5.41, 5.74) is 1.70. The highest BCUT2D eigenvalue weighted by atomic mass is 32.1. The lowest BCUT2D eigenvalue weighted by Gasteiger charge is -2.26. The summed E-state index contributed by atoms with van der Waals surface area (Å²) in [5, 5.41) is 5.51. The SMILES string of the molecule is O=C(Nc1nc2c(s1)CN(C(=O)c1cccc3ccccc13)CC2)C1CCCO1. The van der Waals surface area contributed by atoms with Crippen molar-refractivity contribution < 1.29 is 14.3 Å². The molecule has 7 heteroatoms. The molecule has 2 aliphatic rings. The molecule has 29 heavy (non-hydrogen) atoms. The van der Waals surface area contributed by atoms with E-state index in [1.165, 1.54) is 11.3 Å². The van der Waals surface area contributed by atoms with Crippen molar-refractivity contribution in [3.05, 3.63) is 58.6 Å². The Bertz CT molecular complexity index is 1080. The van der Waals surface area contributed by atoms with E-state index >= 15 is 0 Å². The number of rotatable bonds is 3. The number of carbonyl (C=O) groups excluding carboxylic acids is 2. The van der Waals surface area contributed by atoms with Crippen molar-refractivity contribution in [3.63, 3.8) is 0 Å². The van der Waals surface area contributed by atoms with Crippen LogP contribution in [0.25, 0.3) is 10.8 Å². The van der Waals surface area contributed by atoms with Gasteiger partial charge in [-0.05, 0) is 29.7 Å². The summed E-state index contributed by atoms with van der Waals surface area (Å²) in [6.07, 6.45) is 1.99. The summed E-state index contributed by atoms with van der Waals surface area (Å²) in [6, 6.07) is 13.8. The average Bonchev–Trinajstić information content (AvgIpc) is 3.42. The van der Waals surface area contributed by atoms with Crippen LogP contribution < -0.4 is 5.32 Å². The zero-order chi connectivity index (χ0) is 19.8. The fourth-order valence-corrected chi connectivity index (χ4v) is 5.00. The summed E-state index contributed by atoms with van der Waals surface area (Å²) < 4.78 is 5.43. The van der Waals surface area contributed by atoms with Crippen LogP contribution in [0.2, 0.25) is 0 Å². The summed E-state index contributed by atoms with van der Waals surface area (Å²) in [7, 11) is 0. The van der Waals surface area contributed by atoms with Crippen LogP contribution in [-0.2, 0) is 22.5 Å². The van der Waals surface area contributed by atoms with Gasteiger partial charge in [0.15, 0.2) is 5.13 Å². The third-order valence-electron chi connectivity index (χ3n) is 5.49. The Labute approximate surface area is 172 Å². The van der Waals surface area contributed by atoms with Crippen LogP contribution in [0, 0.1) is 0 Å². The van der Waals surface area contributed by atoms with E-state index in [9.17, 15) is 9.59 Å². The van der Waals surface area contributed by atoms with Crippen molar-refractivity contribution in [1.82, 2.24) is 9.88 Å². The summed E-state index contributed by atoms with van der Waals surface area (Å²) in [4.78, 5) is 33.0. The number of aromatic nitrogens is 1. The number of thiazole rings is 1. The van der Waals surface area contributed by atoms with Gasteiger partial charge in [0.05, 0.1) is 12.2 Å². The molecule has 0 radical (unpaired) electrons. The van der Waals surface area contributed by atoms with Gasteiger partial charge in [-0.2, -0.15) is 0 Å². The molecule has 6 nitrogen and oxygen atoms in total. The van der Waals surface area contributed by atoms with Crippen molar-refractivity contribution in [2.75, 3.05) is 18.5 Å². The second-order valence-electron chi connectivity index (χ2n) is 7.38. The van der Waals surface area contributed by atoms with Crippen LogP contribution in [0.4, 0.5) is 5.13 Å². The Balaban J connectivity index is 1.33. The lowest BCUT2D eigenvalue weighted by atomic mass is 10.0. The van der Waals surface area contributed by atoms with Gasteiger partial charge >= 0.3 is 0 Å². The smallest absolute Gasteiger partial charge is 0.255 e. The van der Waals surface area contributed by atoms with Crippen molar-refractivity contribution in [3.8, 4) is 0 Å². The van der Waals surface area contributed by atoms with Crippen LogP contribution in [0.1, 0.15) is 33.8 Å². The van der Waals surface area contributed by atoms with Gasteiger partial charge < -0.3 is 9.64 Å². The van der Waals surface area contributed by atoms with Gasteiger partial charge in [-0.15, -0.1) is 0 Å². The molecule has 2 aromatic carbocycles. The molecule has 0 spiro atoms. The monoisotopic (exact) mass is 407 g/mol. The standard InChI is InChI=1S/C22H21N3O3S/c26-20(18-9-4-12-28-18)24-22-23-17-10-11-25(13-19(17)29-22)21(27)16-8-3-6-14-5-1-2-7-15(14)16/h1-3,5-8,18H,4,9-13H2,(H,23,24,26). The molecular formula is C22H21N3O3S. The molecule has 2 amide bonds. The maximum absolute atomic E-state index is 13.2. The topological polar surface area (TPSA) is 71.5 Å². The number of carbonyl (C=O) groups is 2. The van der Waals surface area contributed by atoms with Gasteiger partial charge in [0.2, 0.25) is 0 Å². The normalized spacial score (nSPS) is 18.6. The van der Waals surface area contributed by atoms with Gasteiger partial charge in [-0.1, -0.05) is 47.7 Å². The molecule has 1 N–H and O–H groups in total. The van der Waals surface area contributed by atoms with Crippen LogP contribution in [0.5, 0.6) is 0 Å². The first-order valence-corrected chi connectivity index (χ1v) is 10.7. The Morgan fingerprint density at radius 1 is 1.17 bits per heavy atom. The number of fused-ring (bicyclic) bond motifs is 2. The Kier molecular flexibility index (Phi) is 4.77. The summed E-state index contributed by atoms with van der Waals surface area (Å²) >= 11 is 1.45. The highest BCUT2D eigenvalue weighted by Crippen LogP contribution is 2.30. The maximum atomic E-state index is 13.2. The average molecular weight is 407 g/mol. The van der Waals surface area contributed by atoms with E-state index in [0.29, 0.717) is 31.2 Å². The molecule has 5 rings (SSSR count). The molecule has 3 heterocycles. The molecule has 148 valence electrons. The molecule has 1 aromatic heterocycles. The molecule has 0 saturated carbocycles. The first-order chi connectivity index (χ1) is 14.2. The zero-order valence-electron chi connectivity index (χ0n) is 15.9. The van der Waals surface area contributed by atoms with Gasteiger partial charge in [-0.3, -0.25) is 14.9 Å². The second-order valence-corrected chi connectivity index (χ2v) is 8.47. The van der Waals surface area contributed by atoms with E-state index in [2.05, 4.69) is 10.3 Å². The number of ether oxygens (including phenoxy) is 1. The largest absolute Gasteiger partial charge is 0.368 e. The molecular weight excluding hydrogens is 386 g/mol. The maximum Gasteiger partial charge on any atom is 0.255 e. The Hall–Kier alpha value is -2.77. The van der Waals surface area contributed by atoms with Gasteiger partial charge in [-0.25, -0.2) is 4.98 Å². The quantitative estimate of drug-likeness (QED) is 0.720. The van der Waals surface area contributed by atoms with E-state index in [-0.39, 0.29) is 17.9 Å². The molecule has 2 aliphatic heterocycles. The summed E-state index contributed by atoms with van der Waals surface area (Å²) in [5.74, 6) is -0.0944. The highest BCUT2D eigenvalue weighted by molar-refractivity contribution is 7.15. The fraction of sp³-hybridized carbons (Fsp3) is 0.318. The summed E-state index contributed by atoms with van der Waals surface area (Å²) in [6.45, 7) is 1.78. The number of amides is 2. The zero-order valence-corrected chi connectivity index (χ0v) is 16.7. The van der Waals surface area contributed by atoms with E-state index < -0.39 is 0 Å². The number of benzene rings is 2. The van der Waals surface area contributed by atoms with Gasteiger partial charge in [0.1, 0.15) is 6.10 Å². The molecule has 0 aliphatic carbocycles. The van der Waals surface area contributed by atoms with E-state index in [4.69, 9.17) is 4.74 Å². The first-order valence-electron chi connectivity index (χ1n) is 9.87. The van der Waals surface area contributed by atoms with Crippen LogP contribution in [0.3, 0.4) is 0 Å². The molecule has 0 bridgehead atoms. The van der Waals surface area contributed by atoms with Gasteiger partial charge in [0.25, 0.3) is 11.8 Å². The fourth-order valence-electron chi connectivity index (χ4n) is 3.97. The minimum atomic E-state index is -0.375. The van der Waals surface area contributed by atoms with Crippen molar-refractivity contribution in [2.45, 2.75) is 31.9 Å². The Morgan fingerprint density at radius 2 is 2.03 bits per heavy atom. The van der Waals surface area contributed by atoms with E-state index in [0.717, 1.165) is 39.7 Å². The number of hydrogen-bond donors (Lipinski definition) is 1. The lowest BCUT2D eigenvalue weighted by molar-refractivity contribution is -0.124. The number of nitrogens with one attached hydrogen (secondary N) is 1. The van der Waals surface area contributed by atoms with Crippen LogP contribution in [-0.4, -0.2) is 41.0 Å². The highest BCUT2D eigenvalue weighted by Gasteiger charge is 2.28. The van der Waals surface area contributed by atoms with Crippen molar-refractivity contribution >= 4 is 39.1 Å². The first kappa shape index (κ1) is 18.3. The van der Waals surface area contributed by atoms with Crippen LogP contribution in [0.15, 0.2) is 42.5 Å². The second kappa shape index (κ2) is 7.57. The van der Waals surface area contributed by atoms with Crippen molar-refractivity contribution in [2.24, 2.45) is 0 Å². The predicted octanol–water partition coefficient (Wildman–Crippen LogP) is 3.61. The lowest BCUT2D eigenvalue weighted by Crippen LogP contribution is -2.35. The van der Waals surface area contributed by atoms with E-state index in [1.807, 2.05) is 47.4 Å². The number of anilines is 1.